The Bertz CT molecular complexity index is 886. The number of carbonyl (C=O) groups excluding carboxylic acids is 2. The summed E-state index contributed by atoms with van der Waals surface area (Å²) < 4.78 is 16.5. The summed E-state index contributed by atoms with van der Waals surface area (Å²) in [5.41, 5.74) is 1.42. The molecule has 0 spiro atoms. The average molecular weight is 412 g/mol. The van der Waals surface area contributed by atoms with Crippen molar-refractivity contribution in [2.45, 2.75) is 31.8 Å². The molecule has 2 amide bonds. The number of likely N-dealkylation sites (N-methyl/N-ethyl adjacent to an activating group) is 1. The van der Waals surface area contributed by atoms with Crippen LogP contribution in [0.1, 0.15) is 31.4 Å². The van der Waals surface area contributed by atoms with Gasteiger partial charge >= 0.3 is 12.0 Å². The fourth-order valence-electron chi connectivity index (χ4n) is 3.67. The Kier molecular flexibility index (Phi) is 6.82. The fraction of sp³-hybridized carbons (Fsp3) is 0.391. The van der Waals surface area contributed by atoms with Gasteiger partial charge in [0.05, 0.1) is 26.9 Å². The van der Waals surface area contributed by atoms with Crippen molar-refractivity contribution in [3.63, 3.8) is 0 Å². The predicted octanol–water partition coefficient (Wildman–Crippen LogP) is 4.03. The first-order valence-corrected chi connectivity index (χ1v) is 10.0. The molecule has 0 N–H and O–H groups in total. The van der Waals surface area contributed by atoms with Gasteiger partial charge in [-0.25, -0.2) is 9.59 Å². The number of ether oxygens (including phenoxy) is 3. The van der Waals surface area contributed by atoms with Gasteiger partial charge < -0.3 is 19.1 Å². The molecule has 1 aliphatic rings. The molecular formula is C23H28N2O5. The number of rotatable bonds is 8. The number of urea groups is 1. The fourth-order valence-corrected chi connectivity index (χ4v) is 3.67. The molecule has 2 atom stereocenters. The molecule has 3 rings (SSSR count). The van der Waals surface area contributed by atoms with E-state index in [2.05, 4.69) is 6.92 Å². The molecule has 160 valence electrons. The van der Waals surface area contributed by atoms with E-state index in [-0.39, 0.29) is 6.03 Å². The van der Waals surface area contributed by atoms with Crippen molar-refractivity contribution >= 4 is 17.7 Å². The van der Waals surface area contributed by atoms with E-state index in [0.717, 1.165) is 18.4 Å². The van der Waals surface area contributed by atoms with Gasteiger partial charge in [0, 0.05) is 24.4 Å². The maximum Gasteiger partial charge on any atom is 0.331 e. The lowest BCUT2D eigenvalue weighted by Gasteiger charge is -2.28. The molecule has 2 aromatic rings. The summed E-state index contributed by atoms with van der Waals surface area (Å²) >= 11 is 0. The topological polar surface area (TPSA) is 68.3 Å². The van der Waals surface area contributed by atoms with Crippen LogP contribution in [0.2, 0.25) is 0 Å². The molecule has 7 heteroatoms. The number of amides is 2. The number of unbranched alkanes of at least 4 members (excludes halogenated alkanes) is 1. The summed E-state index contributed by atoms with van der Waals surface area (Å²) in [5, 5.41) is 0. The highest BCUT2D eigenvalue weighted by atomic mass is 16.5. The van der Waals surface area contributed by atoms with Gasteiger partial charge in [-0.05, 0) is 30.7 Å². The van der Waals surface area contributed by atoms with Crippen LogP contribution in [0.5, 0.6) is 11.5 Å². The minimum atomic E-state index is -0.815. The van der Waals surface area contributed by atoms with Crippen molar-refractivity contribution in [3.8, 4) is 11.5 Å². The van der Waals surface area contributed by atoms with E-state index in [0.29, 0.717) is 23.8 Å². The number of nitrogens with zero attached hydrogens (tertiary/aromatic N) is 2. The lowest BCUT2D eigenvalue weighted by molar-refractivity contribution is -0.145. The number of methoxy groups -OCH3 is 2. The van der Waals surface area contributed by atoms with Gasteiger partial charge in [-0.15, -0.1) is 0 Å². The van der Waals surface area contributed by atoms with E-state index in [1.807, 2.05) is 42.5 Å². The van der Waals surface area contributed by atoms with Gasteiger partial charge in [-0.1, -0.05) is 31.5 Å². The molecule has 1 saturated heterocycles. The van der Waals surface area contributed by atoms with Gasteiger partial charge in [0.2, 0.25) is 0 Å². The summed E-state index contributed by atoms with van der Waals surface area (Å²) in [6.07, 6.45) is 1.88. The Balaban J connectivity index is 2.14. The summed E-state index contributed by atoms with van der Waals surface area (Å²) in [4.78, 5) is 29.0. The Morgan fingerprint density at radius 3 is 2.47 bits per heavy atom. The number of hydrogen-bond donors (Lipinski definition) is 0. The smallest absolute Gasteiger partial charge is 0.331 e. The van der Waals surface area contributed by atoms with Crippen LogP contribution >= 0.6 is 0 Å². The summed E-state index contributed by atoms with van der Waals surface area (Å²) in [5.74, 6) is 0.749. The molecule has 2 aromatic carbocycles. The maximum absolute atomic E-state index is 13.2. The zero-order valence-corrected chi connectivity index (χ0v) is 17.8. The monoisotopic (exact) mass is 412 g/mol. The van der Waals surface area contributed by atoms with E-state index >= 15 is 0 Å². The van der Waals surface area contributed by atoms with E-state index in [4.69, 9.17) is 14.2 Å². The normalized spacial score (nSPS) is 18.5. The molecule has 1 fully saturated rings. The highest BCUT2D eigenvalue weighted by molar-refractivity contribution is 6.00. The highest BCUT2D eigenvalue weighted by Crippen LogP contribution is 2.43. The maximum atomic E-state index is 13.2. The SMILES string of the molecule is CCCCOc1cc(OC)ccc1[C@@H]1[C@H](C(=O)OC)N(C)C(=O)N1c1ccccc1. The van der Waals surface area contributed by atoms with Crippen LogP contribution in [-0.4, -0.2) is 50.8 Å². The van der Waals surface area contributed by atoms with Gasteiger partial charge in [-0.2, -0.15) is 0 Å². The van der Waals surface area contributed by atoms with Gasteiger partial charge in [0.25, 0.3) is 0 Å². The van der Waals surface area contributed by atoms with Gasteiger partial charge in [-0.3, -0.25) is 4.90 Å². The van der Waals surface area contributed by atoms with Crippen LogP contribution in [0, 0.1) is 0 Å². The Morgan fingerprint density at radius 2 is 1.83 bits per heavy atom. The molecule has 0 radical (unpaired) electrons. The van der Waals surface area contributed by atoms with Crippen LogP contribution in [0.4, 0.5) is 10.5 Å². The number of benzene rings is 2. The lowest BCUT2D eigenvalue weighted by atomic mass is 9.97. The number of esters is 1. The third-order valence-corrected chi connectivity index (χ3v) is 5.27. The minimum absolute atomic E-state index is 0.281. The first-order valence-electron chi connectivity index (χ1n) is 10.0. The molecule has 30 heavy (non-hydrogen) atoms. The summed E-state index contributed by atoms with van der Waals surface area (Å²) in [6, 6.07) is 13.0. The third kappa shape index (κ3) is 4.06. The molecule has 0 aliphatic carbocycles. The van der Waals surface area contributed by atoms with Crippen molar-refractivity contribution in [2.24, 2.45) is 0 Å². The van der Waals surface area contributed by atoms with Crippen molar-refractivity contribution < 1.29 is 23.8 Å². The number of anilines is 1. The summed E-state index contributed by atoms with van der Waals surface area (Å²) in [6.45, 7) is 2.62. The van der Waals surface area contributed by atoms with Crippen molar-refractivity contribution in [2.75, 3.05) is 32.8 Å². The van der Waals surface area contributed by atoms with Crippen LogP contribution in [0.3, 0.4) is 0 Å². The van der Waals surface area contributed by atoms with Gasteiger partial charge in [0.1, 0.15) is 11.5 Å². The van der Waals surface area contributed by atoms with Crippen molar-refractivity contribution in [3.05, 3.63) is 54.1 Å². The number of para-hydroxylation sites is 1. The molecular weight excluding hydrogens is 384 g/mol. The quantitative estimate of drug-likeness (QED) is 0.484. The third-order valence-electron chi connectivity index (χ3n) is 5.27. The van der Waals surface area contributed by atoms with Crippen molar-refractivity contribution in [1.82, 2.24) is 4.90 Å². The molecule has 0 saturated carbocycles. The zero-order chi connectivity index (χ0) is 21.7. The van der Waals surface area contributed by atoms with E-state index in [9.17, 15) is 9.59 Å². The Labute approximate surface area is 177 Å². The second-order valence-electron chi connectivity index (χ2n) is 7.12. The molecule has 1 aliphatic heterocycles. The minimum Gasteiger partial charge on any atom is -0.497 e. The van der Waals surface area contributed by atoms with Crippen molar-refractivity contribution in [1.29, 1.82) is 0 Å². The van der Waals surface area contributed by atoms with Crippen LogP contribution in [0.25, 0.3) is 0 Å². The standard InChI is InChI=1S/C23H28N2O5/c1-5-6-14-30-19-15-17(28-3)12-13-18(19)20-21(22(26)29-4)24(2)23(27)25(20)16-10-8-7-9-11-16/h7-13,15,20-21H,5-6,14H2,1-4H3/t20-,21-/m1/s1. The summed E-state index contributed by atoms with van der Waals surface area (Å²) in [7, 11) is 4.53. The molecule has 7 nitrogen and oxygen atoms in total. The number of carbonyl (C=O) groups is 2. The Morgan fingerprint density at radius 1 is 1.10 bits per heavy atom. The highest BCUT2D eigenvalue weighted by Gasteiger charge is 2.50. The first-order chi connectivity index (χ1) is 14.5. The van der Waals surface area contributed by atoms with E-state index < -0.39 is 18.1 Å². The molecule has 0 aromatic heterocycles. The van der Waals surface area contributed by atoms with E-state index in [1.54, 1.807) is 25.1 Å². The predicted molar refractivity (Wildman–Crippen MR) is 114 cm³/mol. The van der Waals surface area contributed by atoms with Crippen LogP contribution < -0.4 is 14.4 Å². The van der Waals surface area contributed by atoms with Gasteiger partial charge in [0.15, 0.2) is 6.04 Å². The second kappa shape index (κ2) is 9.52. The first kappa shape index (κ1) is 21.5. The largest absolute Gasteiger partial charge is 0.497 e. The van der Waals surface area contributed by atoms with Crippen LogP contribution in [0.15, 0.2) is 48.5 Å². The molecule has 0 unspecified atom stereocenters. The zero-order valence-electron chi connectivity index (χ0n) is 17.8. The Hall–Kier alpha value is -3.22. The average Bonchev–Trinajstić information content (AvgIpc) is 3.04. The van der Waals surface area contributed by atoms with E-state index in [1.165, 1.54) is 12.0 Å². The molecule has 0 bridgehead atoms. The lowest BCUT2D eigenvalue weighted by Crippen LogP contribution is -2.38. The molecule has 1 heterocycles. The second-order valence-corrected chi connectivity index (χ2v) is 7.12. The van der Waals surface area contributed by atoms with Crippen LogP contribution in [-0.2, 0) is 9.53 Å². The number of hydrogen-bond acceptors (Lipinski definition) is 5.